The molecule has 0 aliphatic heterocycles. The summed E-state index contributed by atoms with van der Waals surface area (Å²) in [5.41, 5.74) is 0.883. The zero-order chi connectivity index (χ0) is 21.9. The maximum Gasteiger partial charge on any atom is 0.198 e. The number of halogens is 2. The first-order valence-electron chi connectivity index (χ1n) is 9.09. The predicted octanol–water partition coefficient (Wildman–Crippen LogP) is 4.54. The highest BCUT2D eigenvalue weighted by atomic mass is 19.2. The molecule has 0 radical (unpaired) electrons. The van der Waals surface area contributed by atoms with Crippen molar-refractivity contribution in [3.8, 4) is 29.1 Å². The van der Waals surface area contributed by atoms with E-state index in [0.29, 0.717) is 28.0 Å². The topological polar surface area (TPSA) is 97.8 Å². The number of carbonyl (C=O) groups is 1. The first kappa shape index (κ1) is 18.4. The summed E-state index contributed by atoms with van der Waals surface area (Å²) in [6.07, 6.45) is 1.52. The highest BCUT2D eigenvalue weighted by Gasteiger charge is 2.41. The third-order valence-electron chi connectivity index (χ3n) is 5.42. The highest BCUT2D eigenvalue weighted by Crippen LogP contribution is 2.53. The molecule has 1 aromatic heterocycles. The molecule has 0 fully saturated rings. The highest BCUT2D eigenvalue weighted by molar-refractivity contribution is 6.33. The molecule has 0 saturated carbocycles. The zero-order valence-corrected chi connectivity index (χ0v) is 15.6. The molecule has 0 spiro atoms. The van der Waals surface area contributed by atoms with E-state index in [1.807, 2.05) is 0 Å². The Balaban J connectivity index is 2.00. The third kappa shape index (κ3) is 2.32. The van der Waals surface area contributed by atoms with Gasteiger partial charge >= 0.3 is 0 Å². The van der Waals surface area contributed by atoms with Crippen LogP contribution in [0.2, 0.25) is 0 Å². The van der Waals surface area contributed by atoms with Crippen molar-refractivity contribution in [2.45, 2.75) is 0 Å². The van der Waals surface area contributed by atoms with Gasteiger partial charge in [-0.05, 0) is 29.3 Å². The van der Waals surface area contributed by atoms with E-state index in [9.17, 15) is 29.2 Å². The number of Topliss-reactive ketones (excluding diaryl/α,β-unsaturated/α-hetero) is 1. The Hall–Kier alpha value is -4.62. The van der Waals surface area contributed by atoms with E-state index in [0.717, 1.165) is 6.07 Å². The minimum Gasteiger partial charge on any atom is -0.507 e. The number of nitrogens with zero attached hydrogens (tertiary/aromatic N) is 3. The van der Waals surface area contributed by atoms with Crippen molar-refractivity contribution in [2.75, 3.05) is 0 Å². The van der Waals surface area contributed by atoms with E-state index in [4.69, 9.17) is 0 Å². The average Bonchev–Trinajstić information content (AvgIpc) is 3.25. The van der Waals surface area contributed by atoms with Gasteiger partial charge in [0.25, 0.3) is 0 Å². The van der Waals surface area contributed by atoms with Crippen molar-refractivity contribution < 1.29 is 18.7 Å². The summed E-state index contributed by atoms with van der Waals surface area (Å²) in [5, 5.41) is 29.5. The number of hydrogen-bond acceptors (Lipinski definition) is 5. The lowest BCUT2D eigenvalue weighted by Gasteiger charge is -2.09. The molecule has 1 N–H and O–H groups in total. The summed E-state index contributed by atoms with van der Waals surface area (Å²) in [4.78, 5) is 17.7. The number of aromatic hydroxyl groups is 1. The molecule has 1 heterocycles. The van der Waals surface area contributed by atoms with Crippen LogP contribution < -0.4 is 0 Å². The van der Waals surface area contributed by atoms with Crippen molar-refractivity contribution in [1.29, 1.82) is 10.5 Å². The number of carbonyl (C=O) groups excluding carboxylic acids is 1. The Labute approximate surface area is 174 Å². The number of pyridine rings is 1. The van der Waals surface area contributed by atoms with Crippen molar-refractivity contribution in [3.63, 3.8) is 0 Å². The summed E-state index contributed by atoms with van der Waals surface area (Å²) in [5.74, 6) is -3.46. The van der Waals surface area contributed by atoms with E-state index in [1.165, 1.54) is 18.3 Å². The van der Waals surface area contributed by atoms with Gasteiger partial charge in [0.15, 0.2) is 17.4 Å². The van der Waals surface area contributed by atoms with Crippen LogP contribution in [-0.4, -0.2) is 15.9 Å². The first-order chi connectivity index (χ1) is 15.0. The number of benzene rings is 2. The lowest BCUT2D eigenvalue weighted by Crippen LogP contribution is -2.03. The van der Waals surface area contributed by atoms with Gasteiger partial charge in [-0.25, -0.2) is 8.78 Å². The average molecular weight is 409 g/mol. The van der Waals surface area contributed by atoms with Crippen LogP contribution in [0.1, 0.15) is 27.0 Å². The van der Waals surface area contributed by atoms with E-state index in [2.05, 4.69) is 4.98 Å². The molecule has 0 unspecified atom stereocenters. The standard InChI is InChI=1S/C24H9F2N3O2/c25-15-7-6-13-17(11(9-27)10-28)21(24(31)20(13)22(15)26)18-12-3-1-5-16(30)19(12)23-14(18)4-2-8-29-23/h1-8,30H/b21-18-. The minimum absolute atomic E-state index is 0.0245. The van der Waals surface area contributed by atoms with E-state index >= 15 is 0 Å². The van der Waals surface area contributed by atoms with Crippen molar-refractivity contribution in [3.05, 3.63) is 93.7 Å². The van der Waals surface area contributed by atoms with Crippen LogP contribution in [0.3, 0.4) is 0 Å². The number of nitriles is 2. The maximum absolute atomic E-state index is 14.7. The van der Waals surface area contributed by atoms with Crippen molar-refractivity contribution in [1.82, 2.24) is 4.98 Å². The van der Waals surface area contributed by atoms with Crippen LogP contribution in [0, 0.1) is 34.3 Å². The molecule has 0 atom stereocenters. The quantitative estimate of drug-likeness (QED) is 0.340. The van der Waals surface area contributed by atoms with Gasteiger partial charge in [-0.3, -0.25) is 9.78 Å². The van der Waals surface area contributed by atoms with Gasteiger partial charge in [-0.1, -0.05) is 24.3 Å². The van der Waals surface area contributed by atoms with Crippen LogP contribution in [0.25, 0.3) is 22.4 Å². The number of phenols is 1. The summed E-state index contributed by atoms with van der Waals surface area (Å²) in [6, 6.07) is 13.6. The van der Waals surface area contributed by atoms with Gasteiger partial charge < -0.3 is 5.11 Å². The monoisotopic (exact) mass is 409 g/mol. The zero-order valence-electron chi connectivity index (χ0n) is 15.6. The minimum atomic E-state index is -1.34. The maximum atomic E-state index is 14.7. The molecule has 2 aromatic carbocycles. The lowest BCUT2D eigenvalue weighted by atomic mass is 9.91. The smallest absolute Gasteiger partial charge is 0.198 e. The molecule has 5 nitrogen and oxygen atoms in total. The second kappa shape index (κ2) is 6.45. The Kier molecular flexibility index (Phi) is 3.83. The summed E-state index contributed by atoms with van der Waals surface area (Å²) >= 11 is 0. The van der Waals surface area contributed by atoms with Gasteiger partial charge in [-0.15, -0.1) is 0 Å². The second-order valence-corrected chi connectivity index (χ2v) is 6.94. The molecular formula is C24H9F2N3O2. The number of aromatic nitrogens is 1. The van der Waals surface area contributed by atoms with Crippen LogP contribution in [0.15, 0.2) is 59.8 Å². The van der Waals surface area contributed by atoms with Crippen LogP contribution in [0.5, 0.6) is 5.75 Å². The van der Waals surface area contributed by atoms with Crippen LogP contribution in [-0.2, 0) is 0 Å². The normalized spacial score (nSPS) is 15.7. The molecule has 31 heavy (non-hydrogen) atoms. The molecule has 7 heteroatoms. The lowest BCUT2D eigenvalue weighted by molar-refractivity contribution is 0.103. The first-order valence-corrected chi connectivity index (χ1v) is 9.09. The SMILES string of the molecule is N#CC(C#N)=C1/C(=C2/c3cccnc3-c3c(O)cccc32)C(=O)c2c1ccc(F)c2F. The molecule has 5 rings (SSSR count). The summed E-state index contributed by atoms with van der Waals surface area (Å²) in [7, 11) is 0. The Morgan fingerprint density at radius 1 is 0.903 bits per heavy atom. The molecule has 146 valence electrons. The number of rotatable bonds is 0. The van der Waals surface area contributed by atoms with Gasteiger partial charge in [0, 0.05) is 28.5 Å². The fraction of sp³-hybridized carbons (Fsp3) is 0. The Morgan fingerprint density at radius 2 is 1.65 bits per heavy atom. The van der Waals surface area contributed by atoms with E-state index < -0.39 is 28.6 Å². The number of ketones is 1. The molecule has 2 aliphatic rings. The van der Waals surface area contributed by atoms with E-state index in [-0.39, 0.29) is 22.5 Å². The fourth-order valence-corrected chi connectivity index (χ4v) is 4.21. The molecule has 2 aliphatic carbocycles. The Bertz CT molecular complexity index is 1490. The largest absolute Gasteiger partial charge is 0.507 e. The van der Waals surface area contributed by atoms with Crippen LogP contribution in [0.4, 0.5) is 8.78 Å². The van der Waals surface area contributed by atoms with Gasteiger partial charge in [0.05, 0.1) is 16.8 Å². The van der Waals surface area contributed by atoms with E-state index in [1.54, 1.807) is 36.4 Å². The molecule has 0 saturated heterocycles. The summed E-state index contributed by atoms with van der Waals surface area (Å²) in [6.45, 7) is 0. The number of allylic oxidation sites excluding steroid dienone is 3. The van der Waals surface area contributed by atoms with Crippen molar-refractivity contribution in [2.24, 2.45) is 0 Å². The molecule has 0 amide bonds. The Morgan fingerprint density at radius 3 is 2.39 bits per heavy atom. The van der Waals surface area contributed by atoms with Crippen LogP contribution >= 0.6 is 0 Å². The fourth-order valence-electron chi connectivity index (χ4n) is 4.21. The van der Waals surface area contributed by atoms with Gasteiger partial charge in [-0.2, -0.15) is 10.5 Å². The van der Waals surface area contributed by atoms with Gasteiger partial charge in [0.1, 0.15) is 23.5 Å². The van der Waals surface area contributed by atoms with Crippen molar-refractivity contribution >= 4 is 16.9 Å². The second-order valence-electron chi connectivity index (χ2n) is 6.94. The third-order valence-corrected chi connectivity index (χ3v) is 5.42. The van der Waals surface area contributed by atoms with Gasteiger partial charge in [0.2, 0.25) is 0 Å². The molecule has 0 bridgehead atoms. The number of hydrogen-bond donors (Lipinski definition) is 1. The predicted molar refractivity (Wildman–Crippen MR) is 106 cm³/mol. The number of fused-ring (bicyclic) bond motifs is 4. The summed E-state index contributed by atoms with van der Waals surface area (Å²) < 4.78 is 28.6. The molecule has 3 aromatic rings. The number of phenolic OH excluding ortho intramolecular Hbond substituents is 1. The molecular weight excluding hydrogens is 400 g/mol.